The molecule has 0 saturated carbocycles. The fourth-order valence-electron chi connectivity index (χ4n) is 3.02. The molecule has 0 fully saturated rings. The van der Waals surface area contributed by atoms with Gasteiger partial charge in [0.05, 0.1) is 20.1 Å². The van der Waals surface area contributed by atoms with Crippen LogP contribution < -0.4 is 0 Å². The normalized spacial score (nSPS) is 23.8. The first-order valence-corrected chi connectivity index (χ1v) is 7.17. The van der Waals surface area contributed by atoms with E-state index in [-0.39, 0.29) is 11.8 Å². The molecule has 0 aliphatic heterocycles. The van der Waals surface area contributed by atoms with Gasteiger partial charge in [0.2, 0.25) is 0 Å². The molecule has 94 valence electrons. The summed E-state index contributed by atoms with van der Waals surface area (Å²) in [5.41, 5.74) is 4.71. The van der Waals surface area contributed by atoms with Gasteiger partial charge in [0.25, 0.3) is 0 Å². The van der Waals surface area contributed by atoms with Gasteiger partial charge in [-0.1, -0.05) is 64.1 Å². The second-order valence-corrected chi connectivity index (χ2v) is 6.39. The van der Waals surface area contributed by atoms with Crippen LogP contribution in [0.15, 0.2) is 23.3 Å². The minimum atomic E-state index is 0.203. The Bertz CT molecular complexity index is 574. The van der Waals surface area contributed by atoms with E-state index in [1.807, 2.05) is 0 Å². The van der Waals surface area contributed by atoms with E-state index in [2.05, 4.69) is 26.0 Å². The molecule has 0 N–H and O–H groups in total. The Balaban J connectivity index is 2.38. The number of hydrogen-bond donors (Lipinski definition) is 0. The fourth-order valence-corrected chi connectivity index (χ4v) is 4.14. The molecule has 0 nitrogen and oxygen atoms in total. The smallest absolute Gasteiger partial charge is 0.0797 e. The van der Waals surface area contributed by atoms with Crippen molar-refractivity contribution < 1.29 is 0 Å². The predicted molar refractivity (Wildman–Crippen MR) is 79.5 cm³/mol. The number of benzene rings is 1. The molecule has 0 amide bonds. The maximum atomic E-state index is 6.35. The first-order valence-electron chi connectivity index (χ1n) is 5.66. The van der Waals surface area contributed by atoms with Crippen molar-refractivity contribution in [2.45, 2.75) is 25.7 Å². The SMILES string of the molecule is CC(C)=C1C2C=CC1c1c(Cl)c(Cl)c(Cl)c(Cl)c12. The van der Waals surface area contributed by atoms with Crippen molar-refractivity contribution in [3.63, 3.8) is 0 Å². The number of allylic oxidation sites excluding steroid dienone is 4. The first-order chi connectivity index (χ1) is 8.45. The van der Waals surface area contributed by atoms with Crippen LogP contribution in [-0.4, -0.2) is 0 Å². The van der Waals surface area contributed by atoms with Crippen LogP contribution >= 0.6 is 46.4 Å². The largest absolute Gasteiger partial charge is 0.0823 e. The van der Waals surface area contributed by atoms with Crippen LogP contribution in [0.1, 0.15) is 36.8 Å². The summed E-state index contributed by atoms with van der Waals surface area (Å²) in [5.74, 6) is 0.407. The van der Waals surface area contributed by atoms with Gasteiger partial charge in [-0.05, 0) is 30.5 Å². The third-order valence-electron chi connectivity index (χ3n) is 3.71. The maximum absolute atomic E-state index is 6.35. The summed E-state index contributed by atoms with van der Waals surface area (Å²) in [5, 5.41) is 1.79. The highest BCUT2D eigenvalue weighted by atomic mass is 35.5. The lowest BCUT2D eigenvalue weighted by atomic mass is 9.97. The van der Waals surface area contributed by atoms with Gasteiger partial charge >= 0.3 is 0 Å². The van der Waals surface area contributed by atoms with Crippen molar-refractivity contribution in [3.8, 4) is 0 Å². The van der Waals surface area contributed by atoms with Gasteiger partial charge in [-0.2, -0.15) is 0 Å². The molecule has 3 rings (SSSR count). The Kier molecular flexibility index (Phi) is 2.99. The van der Waals surface area contributed by atoms with Gasteiger partial charge in [-0.15, -0.1) is 0 Å². The minimum Gasteiger partial charge on any atom is -0.0823 e. The molecule has 4 heteroatoms. The summed E-state index contributed by atoms with van der Waals surface area (Å²) in [6.07, 6.45) is 4.34. The van der Waals surface area contributed by atoms with E-state index < -0.39 is 0 Å². The number of rotatable bonds is 0. The third-order valence-corrected chi connectivity index (χ3v) is 5.54. The average Bonchev–Trinajstić information content (AvgIpc) is 2.88. The van der Waals surface area contributed by atoms with E-state index in [9.17, 15) is 0 Å². The van der Waals surface area contributed by atoms with E-state index in [1.54, 1.807) is 0 Å². The Morgan fingerprint density at radius 3 is 1.50 bits per heavy atom. The Morgan fingerprint density at radius 1 is 0.778 bits per heavy atom. The standard InChI is InChI=1S/C14H10Cl4/c1-5(2)8-6-3-4-7(8)10-9(6)11(15)13(17)14(18)12(10)16/h3-4,6-7H,1-2H3. The average molecular weight is 320 g/mol. The zero-order chi connectivity index (χ0) is 13.2. The van der Waals surface area contributed by atoms with Crippen LogP contribution in [0, 0.1) is 0 Å². The molecule has 2 aliphatic carbocycles. The number of fused-ring (bicyclic) bond motifs is 5. The Morgan fingerprint density at radius 2 is 1.17 bits per heavy atom. The van der Waals surface area contributed by atoms with Crippen LogP contribution in [0.4, 0.5) is 0 Å². The lowest BCUT2D eigenvalue weighted by Gasteiger charge is -2.16. The fraction of sp³-hybridized carbons (Fsp3) is 0.286. The molecular formula is C14H10Cl4. The second-order valence-electron chi connectivity index (χ2n) is 4.88. The van der Waals surface area contributed by atoms with Crippen LogP contribution in [-0.2, 0) is 0 Å². The summed E-state index contributed by atoms with van der Waals surface area (Å²) in [6.45, 7) is 4.22. The summed E-state index contributed by atoms with van der Waals surface area (Å²) in [4.78, 5) is 0. The van der Waals surface area contributed by atoms with Crippen LogP contribution in [0.3, 0.4) is 0 Å². The summed E-state index contributed by atoms with van der Waals surface area (Å²) in [7, 11) is 0. The third kappa shape index (κ3) is 1.47. The molecule has 0 spiro atoms. The van der Waals surface area contributed by atoms with Crippen molar-refractivity contribution in [1.29, 1.82) is 0 Å². The van der Waals surface area contributed by atoms with E-state index in [0.717, 1.165) is 11.1 Å². The van der Waals surface area contributed by atoms with Crippen LogP contribution in [0.5, 0.6) is 0 Å². The lowest BCUT2D eigenvalue weighted by Crippen LogP contribution is -1.97. The molecule has 2 bridgehead atoms. The van der Waals surface area contributed by atoms with Crippen molar-refractivity contribution >= 4 is 46.4 Å². The van der Waals surface area contributed by atoms with Gasteiger partial charge in [0.15, 0.2) is 0 Å². The minimum absolute atomic E-state index is 0.203. The van der Waals surface area contributed by atoms with Crippen molar-refractivity contribution in [2.75, 3.05) is 0 Å². The van der Waals surface area contributed by atoms with Crippen molar-refractivity contribution in [1.82, 2.24) is 0 Å². The molecule has 0 radical (unpaired) electrons. The monoisotopic (exact) mass is 318 g/mol. The Labute approximate surface area is 126 Å². The van der Waals surface area contributed by atoms with Gasteiger partial charge in [0.1, 0.15) is 0 Å². The zero-order valence-electron chi connectivity index (χ0n) is 9.82. The van der Waals surface area contributed by atoms with Crippen LogP contribution in [0.25, 0.3) is 0 Å². The molecule has 18 heavy (non-hydrogen) atoms. The molecule has 2 unspecified atom stereocenters. The molecule has 1 aromatic rings. The van der Waals surface area contributed by atoms with Gasteiger partial charge in [-0.3, -0.25) is 0 Å². The van der Waals surface area contributed by atoms with E-state index in [1.165, 1.54) is 11.1 Å². The quantitative estimate of drug-likeness (QED) is 0.295. The van der Waals surface area contributed by atoms with Gasteiger partial charge in [0, 0.05) is 11.8 Å². The molecule has 0 saturated heterocycles. The molecule has 2 atom stereocenters. The van der Waals surface area contributed by atoms with Crippen molar-refractivity contribution in [2.24, 2.45) is 0 Å². The highest BCUT2D eigenvalue weighted by Gasteiger charge is 2.42. The summed E-state index contributed by atoms with van der Waals surface area (Å²) >= 11 is 25.0. The highest BCUT2D eigenvalue weighted by Crippen LogP contribution is 2.60. The van der Waals surface area contributed by atoms with E-state index in [4.69, 9.17) is 46.4 Å². The molecule has 2 aliphatic rings. The van der Waals surface area contributed by atoms with E-state index in [0.29, 0.717) is 20.1 Å². The summed E-state index contributed by atoms with van der Waals surface area (Å²) in [6, 6.07) is 0. The molecule has 1 aromatic carbocycles. The number of hydrogen-bond acceptors (Lipinski definition) is 0. The lowest BCUT2D eigenvalue weighted by molar-refractivity contribution is 0.992. The van der Waals surface area contributed by atoms with Gasteiger partial charge in [-0.25, -0.2) is 0 Å². The maximum Gasteiger partial charge on any atom is 0.0797 e. The molecular weight excluding hydrogens is 310 g/mol. The van der Waals surface area contributed by atoms with E-state index >= 15 is 0 Å². The summed E-state index contributed by atoms with van der Waals surface area (Å²) < 4.78 is 0. The highest BCUT2D eigenvalue weighted by molar-refractivity contribution is 6.52. The zero-order valence-corrected chi connectivity index (χ0v) is 12.8. The van der Waals surface area contributed by atoms with Crippen molar-refractivity contribution in [3.05, 3.63) is 54.5 Å². The Hall–Kier alpha value is -0.140. The predicted octanol–water partition coefficient (Wildman–Crippen LogP) is 6.39. The van der Waals surface area contributed by atoms with Gasteiger partial charge < -0.3 is 0 Å². The van der Waals surface area contributed by atoms with Crippen LogP contribution in [0.2, 0.25) is 20.1 Å². The number of halogens is 4. The molecule has 0 heterocycles. The first kappa shape index (κ1) is 12.9. The second kappa shape index (κ2) is 4.18. The topological polar surface area (TPSA) is 0 Å². The molecule has 0 aromatic heterocycles.